The Kier molecular flexibility index (Phi) is 2.45. The molecule has 0 saturated carbocycles. The first-order valence-corrected chi connectivity index (χ1v) is 3.40. The van der Waals surface area contributed by atoms with Crippen LogP contribution in [-0.4, -0.2) is 37.4 Å². The van der Waals surface area contributed by atoms with E-state index in [-0.39, 0.29) is 12.1 Å². The van der Waals surface area contributed by atoms with Crippen molar-refractivity contribution in [2.45, 2.75) is 18.6 Å². The van der Waals surface area contributed by atoms with Gasteiger partial charge in [0.25, 0.3) is 0 Å². The van der Waals surface area contributed by atoms with Gasteiger partial charge in [-0.2, -0.15) is 0 Å². The Morgan fingerprint density at radius 2 is 2.56 bits per heavy atom. The van der Waals surface area contributed by atoms with Crippen LogP contribution in [0, 0.1) is 0 Å². The third-order valence-corrected chi connectivity index (χ3v) is 1.74. The maximum Gasteiger partial charge on any atom is 0.0717 e. The maximum atomic E-state index is 9.22. The molecule has 0 radical (unpaired) electrons. The van der Waals surface area contributed by atoms with Crippen LogP contribution in [0.5, 0.6) is 0 Å². The summed E-state index contributed by atoms with van der Waals surface area (Å²) in [4.78, 5) is 0. The van der Waals surface area contributed by atoms with Gasteiger partial charge in [0.2, 0.25) is 0 Å². The van der Waals surface area contributed by atoms with E-state index in [1.807, 2.05) is 7.05 Å². The number of nitrogens with one attached hydrogen (secondary N) is 2. The maximum absolute atomic E-state index is 9.22. The van der Waals surface area contributed by atoms with Crippen molar-refractivity contribution in [1.29, 1.82) is 0 Å². The smallest absolute Gasteiger partial charge is 0.0717 e. The lowest BCUT2D eigenvalue weighted by molar-refractivity contribution is 0.159. The fourth-order valence-corrected chi connectivity index (χ4v) is 1.18. The van der Waals surface area contributed by atoms with Crippen LogP contribution >= 0.6 is 0 Å². The summed E-state index contributed by atoms with van der Waals surface area (Å²) in [5, 5.41) is 15.4. The molecule has 1 aliphatic heterocycles. The molecule has 2 atom stereocenters. The molecule has 3 N–H and O–H groups in total. The van der Waals surface area contributed by atoms with E-state index in [9.17, 15) is 5.11 Å². The topological polar surface area (TPSA) is 44.3 Å². The minimum Gasteiger partial charge on any atom is -0.391 e. The Balaban J connectivity index is 2.22. The summed E-state index contributed by atoms with van der Waals surface area (Å²) in [6, 6.07) is 0.273. The van der Waals surface area contributed by atoms with Crippen molar-refractivity contribution < 1.29 is 5.11 Å². The Labute approximate surface area is 55.5 Å². The Morgan fingerprint density at radius 1 is 1.78 bits per heavy atom. The molecule has 54 valence electrons. The molecule has 2 unspecified atom stereocenters. The Hall–Kier alpha value is -0.120. The number of aliphatic hydroxyl groups is 1. The van der Waals surface area contributed by atoms with Gasteiger partial charge < -0.3 is 15.7 Å². The molecule has 3 heteroatoms. The summed E-state index contributed by atoms with van der Waals surface area (Å²) in [6.45, 7) is 1.81. The van der Waals surface area contributed by atoms with Crippen LogP contribution in [0.25, 0.3) is 0 Å². The lowest BCUT2D eigenvalue weighted by atomic mass is 10.2. The molecule has 0 aromatic heterocycles. The van der Waals surface area contributed by atoms with Crippen molar-refractivity contribution in [1.82, 2.24) is 10.6 Å². The van der Waals surface area contributed by atoms with E-state index in [1.165, 1.54) is 0 Å². The molecule has 0 aromatic rings. The Bertz CT molecular complexity index is 87.1. The molecule has 1 fully saturated rings. The van der Waals surface area contributed by atoms with E-state index >= 15 is 0 Å². The number of hydrogen-bond donors (Lipinski definition) is 3. The highest BCUT2D eigenvalue weighted by molar-refractivity contribution is 4.84. The minimum absolute atomic E-state index is 0.141. The van der Waals surface area contributed by atoms with Crippen molar-refractivity contribution in [3.05, 3.63) is 0 Å². The van der Waals surface area contributed by atoms with Crippen molar-refractivity contribution >= 4 is 0 Å². The highest BCUT2D eigenvalue weighted by Gasteiger charge is 2.22. The molecule has 0 aliphatic carbocycles. The van der Waals surface area contributed by atoms with E-state index in [0.717, 1.165) is 19.5 Å². The van der Waals surface area contributed by atoms with Crippen molar-refractivity contribution in [3.63, 3.8) is 0 Å². The first-order chi connectivity index (χ1) is 4.34. The van der Waals surface area contributed by atoms with Gasteiger partial charge >= 0.3 is 0 Å². The molecule has 1 rings (SSSR count). The van der Waals surface area contributed by atoms with Crippen LogP contribution in [0.1, 0.15) is 6.42 Å². The zero-order valence-electron chi connectivity index (χ0n) is 5.72. The predicted molar refractivity (Wildman–Crippen MR) is 36.3 cm³/mol. The first kappa shape index (κ1) is 6.99. The lowest BCUT2D eigenvalue weighted by Gasteiger charge is -2.12. The summed E-state index contributed by atoms with van der Waals surface area (Å²) >= 11 is 0. The van der Waals surface area contributed by atoms with E-state index in [0.29, 0.717) is 0 Å². The molecule has 1 saturated heterocycles. The second-order valence-corrected chi connectivity index (χ2v) is 2.47. The van der Waals surface area contributed by atoms with Gasteiger partial charge in [0.05, 0.1) is 6.10 Å². The van der Waals surface area contributed by atoms with Crippen LogP contribution in [0.4, 0.5) is 0 Å². The summed E-state index contributed by atoms with van der Waals surface area (Å²) in [7, 11) is 1.90. The highest BCUT2D eigenvalue weighted by Crippen LogP contribution is 2.04. The molecule has 0 aromatic carbocycles. The molecule has 3 nitrogen and oxygen atoms in total. The number of hydrogen-bond acceptors (Lipinski definition) is 3. The Morgan fingerprint density at radius 3 is 3.00 bits per heavy atom. The number of aliphatic hydroxyl groups excluding tert-OH is 1. The third-order valence-electron chi connectivity index (χ3n) is 1.74. The van der Waals surface area contributed by atoms with E-state index in [1.54, 1.807) is 0 Å². The first-order valence-electron chi connectivity index (χ1n) is 3.40. The quantitative estimate of drug-likeness (QED) is 0.446. The summed E-state index contributed by atoms with van der Waals surface area (Å²) < 4.78 is 0. The summed E-state index contributed by atoms with van der Waals surface area (Å²) in [5.41, 5.74) is 0. The number of likely N-dealkylation sites (N-methyl/N-ethyl adjacent to an activating group) is 1. The average molecular weight is 130 g/mol. The predicted octanol–water partition coefficient (Wildman–Crippen LogP) is -1.07. The van der Waals surface area contributed by atoms with E-state index in [2.05, 4.69) is 10.6 Å². The molecule has 1 heterocycles. The SMILES string of the molecule is CNCC1NCCC1O. The van der Waals surface area contributed by atoms with Gasteiger partial charge in [-0.3, -0.25) is 0 Å². The third kappa shape index (κ3) is 1.64. The fourth-order valence-electron chi connectivity index (χ4n) is 1.18. The summed E-state index contributed by atoms with van der Waals surface area (Å²) in [5.74, 6) is 0. The van der Waals surface area contributed by atoms with Crippen LogP contribution in [0.3, 0.4) is 0 Å². The van der Waals surface area contributed by atoms with Crippen LogP contribution in [0.15, 0.2) is 0 Å². The van der Waals surface area contributed by atoms with Crippen molar-refractivity contribution in [2.75, 3.05) is 20.1 Å². The van der Waals surface area contributed by atoms with Gasteiger partial charge in [-0.05, 0) is 20.0 Å². The van der Waals surface area contributed by atoms with Crippen molar-refractivity contribution in [2.24, 2.45) is 0 Å². The van der Waals surface area contributed by atoms with Gasteiger partial charge in [-0.25, -0.2) is 0 Å². The average Bonchev–Trinajstić information content (AvgIpc) is 2.18. The van der Waals surface area contributed by atoms with Crippen LogP contribution in [-0.2, 0) is 0 Å². The zero-order valence-corrected chi connectivity index (χ0v) is 5.72. The number of rotatable bonds is 2. The summed E-state index contributed by atoms with van der Waals surface area (Å²) in [6.07, 6.45) is 0.754. The lowest BCUT2D eigenvalue weighted by Crippen LogP contribution is -2.38. The standard InChI is InChI=1S/C6H14N2O/c1-7-4-5-6(9)2-3-8-5/h5-9H,2-4H2,1H3. The largest absolute Gasteiger partial charge is 0.391 e. The van der Waals surface area contributed by atoms with Gasteiger partial charge in [0.1, 0.15) is 0 Å². The second kappa shape index (κ2) is 3.15. The van der Waals surface area contributed by atoms with Gasteiger partial charge in [0.15, 0.2) is 0 Å². The normalized spacial score (nSPS) is 35.3. The molecular weight excluding hydrogens is 116 g/mol. The van der Waals surface area contributed by atoms with Gasteiger partial charge in [0, 0.05) is 12.6 Å². The molecule has 0 spiro atoms. The van der Waals surface area contributed by atoms with E-state index in [4.69, 9.17) is 0 Å². The highest BCUT2D eigenvalue weighted by atomic mass is 16.3. The van der Waals surface area contributed by atoms with Gasteiger partial charge in [-0.15, -0.1) is 0 Å². The van der Waals surface area contributed by atoms with Gasteiger partial charge in [-0.1, -0.05) is 0 Å². The monoisotopic (exact) mass is 130 g/mol. The van der Waals surface area contributed by atoms with Crippen LogP contribution < -0.4 is 10.6 Å². The molecule has 9 heavy (non-hydrogen) atoms. The molecular formula is C6H14N2O. The van der Waals surface area contributed by atoms with E-state index < -0.39 is 0 Å². The van der Waals surface area contributed by atoms with Crippen molar-refractivity contribution in [3.8, 4) is 0 Å². The van der Waals surface area contributed by atoms with Crippen LogP contribution in [0.2, 0.25) is 0 Å². The molecule has 0 bridgehead atoms. The molecule has 0 amide bonds. The zero-order chi connectivity index (χ0) is 6.69. The molecule has 1 aliphatic rings. The second-order valence-electron chi connectivity index (χ2n) is 2.47. The minimum atomic E-state index is -0.141. The fraction of sp³-hybridized carbons (Fsp3) is 1.00.